The fraction of sp³-hybridized carbons (Fsp3) is 0.667. The van der Waals surface area contributed by atoms with Crippen LogP contribution in [-0.4, -0.2) is 29.6 Å². The van der Waals surface area contributed by atoms with E-state index in [2.05, 4.69) is 50.0 Å². The Labute approximate surface area is 134 Å². The Morgan fingerprint density at radius 3 is 2.57 bits per heavy atom. The molecule has 1 N–H and O–H groups in total. The third kappa shape index (κ3) is 4.21. The molecule has 1 fully saturated rings. The van der Waals surface area contributed by atoms with Gasteiger partial charge in [0.15, 0.2) is 0 Å². The molecule has 1 aromatic rings. The van der Waals surface area contributed by atoms with Crippen molar-refractivity contribution in [2.75, 3.05) is 13.1 Å². The molecule has 1 heterocycles. The van der Waals surface area contributed by atoms with Gasteiger partial charge in [-0.05, 0) is 37.0 Å². The van der Waals surface area contributed by atoms with Crippen LogP contribution in [0.15, 0.2) is 24.3 Å². The number of hydrogen-bond donors (Lipinski definition) is 1. The van der Waals surface area contributed by atoms with Gasteiger partial charge in [-0.1, -0.05) is 50.9 Å². The number of benzene rings is 1. The number of nitrogens with one attached hydrogen (secondary N) is 1. The van der Waals surface area contributed by atoms with E-state index < -0.39 is 0 Å². The van der Waals surface area contributed by atoms with Crippen LogP contribution in [-0.2, 0) is 6.54 Å². The maximum Gasteiger partial charge on any atom is 0.0406 e. The van der Waals surface area contributed by atoms with Crippen molar-refractivity contribution in [3.05, 3.63) is 34.9 Å². The first-order chi connectivity index (χ1) is 9.97. The quantitative estimate of drug-likeness (QED) is 0.871. The van der Waals surface area contributed by atoms with Crippen LogP contribution in [0, 0.1) is 5.92 Å². The summed E-state index contributed by atoms with van der Waals surface area (Å²) >= 11 is 6.00. The van der Waals surface area contributed by atoms with Crippen molar-refractivity contribution >= 4 is 11.6 Å². The van der Waals surface area contributed by atoms with Crippen LogP contribution in [0.2, 0.25) is 5.02 Å². The molecule has 0 amide bonds. The largest absolute Gasteiger partial charge is 0.309 e. The molecule has 3 unspecified atom stereocenters. The molecule has 0 bridgehead atoms. The Morgan fingerprint density at radius 2 is 2.00 bits per heavy atom. The van der Waals surface area contributed by atoms with E-state index in [4.69, 9.17) is 11.6 Å². The molecule has 0 aliphatic carbocycles. The monoisotopic (exact) mass is 308 g/mol. The van der Waals surface area contributed by atoms with E-state index in [0.29, 0.717) is 12.0 Å². The maximum absolute atomic E-state index is 6.00. The smallest absolute Gasteiger partial charge is 0.0406 e. The zero-order chi connectivity index (χ0) is 15.5. The lowest BCUT2D eigenvalue weighted by atomic mass is 9.88. The zero-order valence-corrected chi connectivity index (χ0v) is 14.6. The molecule has 1 aromatic carbocycles. The highest BCUT2D eigenvalue weighted by Crippen LogP contribution is 2.26. The van der Waals surface area contributed by atoms with E-state index in [-0.39, 0.29) is 5.54 Å². The van der Waals surface area contributed by atoms with Crippen LogP contribution in [0.25, 0.3) is 0 Å². The standard InChI is InChI=1S/C18H29ClN2/c1-5-14(3)17-11-20-18(4,6-2)13-21(17)12-15-7-9-16(19)10-8-15/h7-10,14,17,20H,5-6,11-13H2,1-4H3. The van der Waals surface area contributed by atoms with Crippen LogP contribution < -0.4 is 5.32 Å². The molecule has 1 aliphatic heterocycles. The number of rotatable bonds is 5. The van der Waals surface area contributed by atoms with E-state index in [1.807, 2.05) is 12.1 Å². The normalized spacial score (nSPS) is 28.5. The second-order valence-corrected chi connectivity index (χ2v) is 7.22. The average molecular weight is 309 g/mol. The molecular weight excluding hydrogens is 280 g/mol. The summed E-state index contributed by atoms with van der Waals surface area (Å²) in [6, 6.07) is 8.92. The average Bonchev–Trinajstić information content (AvgIpc) is 2.49. The highest BCUT2D eigenvalue weighted by atomic mass is 35.5. The molecule has 118 valence electrons. The molecule has 3 heteroatoms. The van der Waals surface area contributed by atoms with Gasteiger partial charge >= 0.3 is 0 Å². The number of piperazine rings is 1. The Balaban J connectivity index is 2.14. The fourth-order valence-corrected chi connectivity index (χ4v) is 3.29. The summed E-state index contributed by atoms with van der Waals surface area (Å²) in [4.78, 5) is 2.66. The fourth-order valence-electron chi connectivity index (χ4n) is 3.17. The minimum Gasteiger partial charge on any atom is -0.309 e. The van der Waals surface area contributed by atoms with Gasteiger partial charge in [0.1, 0.15) is 0 Å². The van der Waals surface area contributed by atoms with Gasteiger partial charge < -0.3 is 5.32 Å². The van der Waals surface area contributed by atoms with Gasteiger partial charge in [-0.3, -0.25) is 4.90 Å². The van der Waals surface area contributed by atoms with E-state index in [0.717, 1.165) is 31.1 Å². The molecule has 0 aromatic heterocycles. The molecule has 2 rings (SSSR count). The topological polar surface area (TPSA) is 15.3 Å². The summed E-state index contributed by atoms with van der Waals surface area (Å²) in [5.74, 6) is 0.714. The molecule has 21 heavy (non-hydrogen) atoms. The van der Waals surface area contributed by atoms with Crippen molar-refractivity contribution in [1.29, 1.82) is 0 Å². The number of nitrogens with zero attached hydrogens (tertiary/aromatic N) is 1. The van der Waals surface area contributed by atoms with Crippen molar-refractivity contribution in [3.63, 3.8) is 0 Å². The third-order valence-corrected chi connectivity index (χ3v) is 5.39. The van der Waals surface area contributed by atoms with E-state index in [1.165, 1.54) is 12.0 Å². The molecular formula is C18H29ClN2. The first-order valence-corrected chi connectivity index (χ1v) is 8.58. The van der Waals surface area contributed by atoms with Crippen molar-refractivity contribution in [1.82, 2.24) is 10.2 Å². The zero-order valence-electron chi connectivity index (χ0n) is 13.8. The Bertz CT molecular complexity index is 445. The lowest BCUT2D eigenvalue weighted by Gasteiger charge is -2.48. The van der Waals surface area contributed by atoms with Crippen LogP contribution in [0.4, 0.5) is 0 Å². The molecule has 1 aliphatic rings. The van der Waals surface area contributed by atoms with Gasteiger partial charge in [-0.15, -0.1) is 0 Å². The molecule has 1 saturated heterocycles. The summed E-state index contributed by atoms with van der Waals surface area (Å²) in [5.41, 5.74) is 1.59. The summed E-state index contributed by atoms with van der Waals surface area (Å²) in [5, 5.41) is 4.59. The van der Waals surface area contributed by atoms with Gasteiger partial charge in [0, 0.05) is 36.2 Å². The van der Waals surface area contributed by atoms with E-state index in [9.17, 15) is 0 Å². The molecule has 0 radical (unpaired) electrons. The van der Waals surface area contributed by atoms with E-state index in [1.54, 1.807) is 0 Å². The van der Waals surface area contributed by atoms with Crippen LogP contribution in [0.1, 0.15) is 46.1 Å². The van der Waals surface area contributed by atoms with Gasteiger partial charge in [0.2, 0.25) is 0 Å². The second-order valence-electron chi connectivity index (χ2n) is 6.78. The molecule has 0 spiro atoms. The Hall–Kier alpha value is -0.570. The SMILES string of the molecule is CCC(C)C1CNC(C)(CC)CN1Cc1ccc(Cl)cc1. The number of hydrogen-bond acceptors (Lipinski definition) is 2. The molecule has 2 nitrogen and oxygen atoms in total. The summed E-state index contributed by atoms with van der Waals surface area (Å²) in [7, 11) is 0. The molecule has 0 saturated carbocycles. The Kier molecular flexibility index (Phi) is 5.70. The summed E-state index contributed by atoms with van der Waals surface area (Å²) in [6.45, 7) is 12.5. The number of halogens is 1. The Morgan fingerprint density at radius 1 is 1.33 bits per heavy atom. The van der Waals surface area contributed by atoms with E-state index >= 15 is 0 Å². The lowest BCUT2D eigenvalue weighted by Crippen LogP contribution is -2.63. The predicted octanol–water partition coefficient (Wildman–Crippen LogP) is 4.33. The van der Waals surface area contributed by atoms with Gasteiger partial charge in [0.05, 0.1) is 0 Å². The van der Waals surface area contributed by atoms with Gasteiger partial charge in [0.25, 0.3) is 0 Å². The van der Waals surface area contributed by atoms with Crippen LogP contribution >= 0.6 is 11.6 Å². The third-order valence-electron chi connectivity index (χ3n) is 5.14. The first-order valence-electron chi connectivity index (χ1n) is 8.21. The van der Waals surface area contributed by atoms with Crippen molar-refractivity contribution in [2.24, 2.45) is 5.92 Å². The maximum atomic E-state index is 6.00. The van der Waals surface area contributed by atoms with Crippen molar-refractivity contribution in [2.45, 2.75) is 58.7 Å². The second kappa shape index (κ2) is 7.13. The highest BCUT2D eigenvalue weighted by Gasteiger charge is 2.36. The van der Waals surface area contributed by atoms with Gasteiger partial charge in [-0.2, -0.15) is 0 Å². The summed E-state index contributed by atoms with van der Waals surface area (Å²) in [6.07, 6.45) is 2.39. The van der Waals surface area contributed by atoms with Crippen molar-refractivity contribution < 1.29 is 0 Å². The lowest BCUT2D eigenvalue weighted by molar-refractivity contribution is 0.0487. The minimum atomic E-state index is 0.233. The predicted molar refractivity (Wildman–Crippen MR) is 91.8 cm³/mol. The highest BCUT2D eigenvalue weighted by molar-refractivity contribution is 6.30. The minimum absolute atomic E-state index is 0.233. The first kappa shape index (κ1) is 16.8. The van der Waals surface area contributed by atoms with Crippen molar-refractivity contribution in [3.8, 4) is 0 Å². The van der Waals surface area contributed by atoms with Crippen LogP contribution in [0.5, 0.6) is 0 Å². The van der Waals surface area contributed by atoms with Gasteiger partial charge in [-0.25, -0.2) is 0 Å². The van der Waals surface area contributed by atoms with Crippen LogP contribution in [0.3, 0.4) is 0 Å². The molecule has 3 atom stereocenters. The summed E-state index contributed by atoms with van der Waals surface area (Å²) < 4.78 is 0.